The molecule has 0 spiro atoms. The third kappa shape index (κ3) is 13.0. The molecule has 0 fully saturated rings. The summed E-state index contributed by atoms with van der Waals surface area (Å²) >= 11 is 2.03. The summed E-state index contributed by atoms with van der Waals surface area (Å²) in [5, 5.41) is 14.3. The Labute approximate surface area is 367 Å². The molecule has 4 rings (SSSR count). The predicted molar refractivity (Wildman–Crippen MR) is 253 cm³/mol. The molecule has 4 aromatic rings. The molecule has 0 aliphatic carbocycles. The van der Waals surface area contributed by atoms with Crippen LogP contribution in [0, 0.1) is 66.3 Å². The third-order valence-corrected chi connectivity index (χ3v) is 22.1. The van der Waals surface area contributed by atoms with Crippen LogP contribution in [0.2, 0.25) is 37.8 Å². The van der Waals surface area contributed by atoms with Gasteiger partial charge in [0.15, 0.2) is 5.78 Å². The Morgan fingerprint density at radius 1 is 0.772 bits per heavy atom. The molecule has 1 radical (unpaired) electrons. The van der Waals surface area contributed by atoms with Crippen LogP contribution in [-0.2, 0) is 24.9 Å². The smallest absolute Gasteiger partial charge is 0.162 e. The number of rotatable bonds is 16. The quantitative estimate of drug-likeness (QED) is 0.0526. The molecule has 319 valence electrons. The van der Waals surface area contributed by atoms with Crippen molar-refractivity contribution < 1.29 is 30.0 Å². The number of aryl methyl sites for hydroxylation is 1. The second-order valence-electron chi connectivity index (χ2n) is 20.4. The SMILES string of the molecule is CC(C)C(C(=O)/C=C(\O)C(C(C)C)C(C)C)C(C)C.Cc1c([Si](CC(C)C)(CC(C)C)CC(C)C)sc2c(-c3[c-]c4ccccc4c([Si](C)(C)C)c3)ncnc12.[Ir]. The average Bonchev–Trinajstić information content (AvgIpc) is 3.39. The van der Waals surface area contributed by atoms with Crippen LogP contribution >= 0.6 is 11.3 Å². The van der Waals surface area contributed by atoms with Crippen LogP contribution in [-0.4, -0.2) is 37.0 Å². The Bertz CT molecular complexity index is 1890. The van der Waals surface area contributed by atoms with Gasteiger partial charge in [-0.2, -0.15) is 0 Å². The molecule has 2 aromatic heterocycles. The topological polar surface area (TPSA) is 63.1 Å². The number of carbonyl (C=O) groups is 1. The molecule has 0 aliphatic heterocycles. The van der Waals surface area contributed by atoms with Crippen molar-refractivity contribution in [1.82, 2.24) is 9.97 Å². The molecular weight excluding hydrogens is 929 g/mol. The minimum Gasteiger partial charge on any atom is -0.512 e. The number of aromatic nitrogens is 2. The Morgan fingerprint density at radius 2 is 1.26 bits per heavy atom. The van der Waals surface area contributed by atoms with Crippen molar-refractivity contribution >= 4 is 63.9 Å². The van der Waals surface area contributed by atoms with Gasteiger partial charge in [0.05, 0.1) is 19.3 Å². The minimum atomic E-state index is -1.75. The number of hydrogen-bond acceptors (Lipinski definition) is 5. The first-order valence-electron chi connectivity index (χ1n) is 21.6. The Morgan fingerprint density at radius 3 is 1.72 bits per heavy atom. The van der Waals surface area contributed by atoms with E-state index in [0.29, 0.717) is 41.4 Å². The number of allylic oxidation sites excluding steroid dienone is 2. The maximum atomic E-state index is 12.3. The zero-order valence-electron chi connectivity index (χ0n) is 38.9. The fraction of sp³-hybridized carbons (Fsp3) is 0.612. The largest absolute Gasteiger partial charge is 0.512 e. The monoisotopic (exact) mass is 1010 g/mol. The van der Waals surface area contributed by atoms with Crippen molar-refractivity contribution in [1.29, 1.82) is 0 Å². The van der Waals surface area contributed by atoms with Crippen molar-refractivity contribution in [3.63, 3.8) is 0 Å². The molecule has 2 heterocycles. The van der Waals surface area contributed by atoms with Crippen molar-refractivity contribution in [3.05, 3.63) is 60.1 Å². The van der Waals surface area contributed by atoms with Crippen LogP contribution in [0.5, 0.6) is 0 Å². The zero-order valence-corrected chi connectivity index (χ0v) is 44.1. The zero-order chi connectivity index (χ0) is 42.4. The number of fused-ring (bicyclic) bond motifs is 2. The van der Waals surface area contributed by atoms with Gasteiger partial charge in [-0.25, -0.2) is 4.98 Å². The fourth-order valence-electron chi connectivity index (χ4n) is 9.79. The van der Waals surface area contributed by atoms with E-state index in [1.54, 1.807) is 10.8 Å². The summed E-state index contributed by atoms with van der Waals surface area (Å²) < 4.78 is 2.93. The number of thiophene rings is 1. The van der Waals surface area contributed by atoms with E-state index in [-0.39, 0.29) is 43.5 Å². The van der Waals surface area contributed by atoms with E-state index in [9.17, 15) is 9.90 Å². The van der Waals surface area contributed by atoms with Gasteiger partial charge in [0.2, 0.25) is 0 Å². The summed E-state index contributed by atoms with van der Waals surface area (Å²) in [5.41, 5.74) is 4.77. The Hall–Kier alpha value is -1.97. The van der Waals surface area contributed by atoms with Crippen LogP contribution < -0.4 is 9.69 Å². The van der Waals surface area contributed by atoms with E-state index in [2.05, 4.69) is 160 Å². The normalized spacial score (nSPS) is 13.1. The molecule has 57 heavy (non-hydrogen) atoms. The summed E-state index contributed by atoms with van der Waals surface area (Å²) in [6, 6.07) is 18.9. The summed E-state index contributed by atoms with van der Waals surface area (Å²) in [4.78, 5) is 22.2. The maximum Gasteiger partial charge on any atom is 0.162 e. The summed E-state index contributed by atoms with van der Waals surface area (Å²) in [6.07, 6.45) is 3.27. The van der Waals surface area contributed by atoms with Gasteiger partial charge in [-0.1, -0.05) is 164 Å². The van der Waals surface area contributed by atoms with Crippen LogP contribution in [0.1, 0.15) is 102 Å². The number of aliphatic hydroxyl groups is 1. The molecular formula is C49H77IrN2O2SSi2-. The van der Waals surface area contributed by atoms with Crippen LogP contribution in [0.25, 0.3) is 32.2 Å². The molecule has 1 N–H and O–H groups in total. The van der Waals surface area contributed by atoms with Crippen molar-refractivity contribution in [2.45, 2.75) is 142 Å². The number of hydrogen-bond donors (Lipinski definition) is 1. The molecule has 0 unspecified atom stereocenters. The number of aliphatic hydroxyl groups excluding tert-OH is 1. The first kappa shape index (κ1) is 51.2. The summed E-state index contributed by atoms with van der Waals surface area (Å²) in [5.74, 6) is 3.73. The molecule has 0 aliphatic rings. The van der Waals surface area contributed by atoms with E-state index in [1.807, 2.05) is 11.3 Å². The standard InChI is InChI=1S/C32H45N2SSi2.C17H32O2.Ir/c1-21(2)17-37(18-22(3)4,19-23(5)6)32-24(7)29-31(35-32)30(34-20-33-29)26-15-25-13-11-12-14-27(25)28(16-26)36(8,9)10;1-10(2)16(11(3)4)14(18)9-15(19)17(12(5)6)13(7)8;/h11-14,16,20-23H,17-19H2,1-10H3;9-13,16-18H,1-8H3;/q-1;;/b;14-9-;. The number of carbonyl (C=O) groups excluding carboxylic acids is 1. The fourth-order valence-corrected chi connectivity index (χ4v) is 21.0. The van der Waals surface area contributed by atoms with Gasteiger partial charge in [-0.05, 0) is 58.4 Å². The van der Waals surface area contributed by atoms with Crippen LogP contribution in [0.4, 0.5) is 0 Å². The maximum absolute atomic E-state index is 12.3. The van der Waals surface area contributed by atoms with Gasteiger partial charge in [0, 0.05) is 48.4 Å². The molecule has 0 atom stereocenters. The van der Waals surface area contributed by atoms with Gasteiger partial charge in [-0.3, -0.25) is 9.78 Å². The molecule has 0 amide bonds. The molecule has 0 bridgehead atoms. The molecule has 0 saturated carbocycles. The minimum absolute atomic E-state index is 0. The van der Waals surface area contributed by atoms with E-state index < -0.39 is 16.1 Å². The van der Waals surface area contributed by atoms with Crippen molar-refractivity contribution in [3.8, 4) is 11.3 Å². The van der Waals surface area contributed by atoms with Gasteiger partial charge in [-0.15, -0.1) is 40.1 Å². The van der Waals surface area contributed by atoms with Gasteiger partial charge >= 0.3 is 0 Å². The summed E-state index contributed by atoms with van der Waals surface area (Å²) in [6.45, 7) is 40.7. The number of benzene rings is 2. The predicted octanol–water partition coefficient (Wildman–Crippen LogP) is 13.6. The molecule has 8 heteroatoms. The number of ketones is 1. The van der Waals surface area contributed by atoms with E-state index in [1.165, 1.54) is 50.4 Å². The van der Waals surface area contributed by atoms with Crippen LogP contribution in [0.15, 0.2) is 48.5 Å². The molecule has 2 aromatic carbocycles. The van der Waals surface area contributed by atoms with Gasteiger partial charge < -0.3 is 5.11 Å². The van der Waals surface area contributed by atoms with E-state index in [0.717, 1.165) is 16.8 Å². The van der Waals surface area contributed by atoms with Crippen LogP contribution in [0.3, 0.4) is 0 Å². The van der Waals surface area contributed by atoms with Crippen molar-refractivity contribution in [2.75, 3.05) is 0 Å². The first-order chi connectivity index (χ1) is 25.9. The average molecular weight is 1010 g/mol. The first-order valence-corrected chi connectivity index (χ1v) is 28.5. The van der Waals surface area contributed by atoms with E-state index in [4.69, 9.17) is 9.97 Å². The van der Waals surface area contributed by atoms with Gasteiger partial charge in [0.25, 0.3) is 0 Å². The number of nitrogens with zero attached hydrogens (tertiary/aromatic N) is 2. The molecule has 0 saturated heterocycles. The second-order valence-corrected chi connectivity index (χ2v) is 31.1. The third-order valence-electron chi connectivity index (χ3n) is 11.3. The Balaban J connectivity index is 0.000000478. The van der Waals surface area contributed by atoms with Crippen molar-refractivity contribution in [2.24, 2.45) is 53.3 Å². The van der Waals surface area contributed by atoms with E-state index >= 15 is 0 Å². The second kappa shape index (κ2) is 21.5. The molecule has 4 nitrogen and oxygen atoms in total. The van der Waals surface area contributed by atoms with Gasteiger partial charge in [0.1, 0.15) is 14.4 Å². The Kier molecular flexibility index (Phi) is 19.3. The summed E-state index contributed by atoms with van der Waals surface area (Å²) in [7, 11) is -3.32.